The maximum Gasteiger partial charge on any atom is 0.147 e. The Morgan fingerprint density at radius 1 is 1.50 bits per heavy atom. The molecule has 1 aromatic carbocycles. The van der Waals surface area contributed by atoms with Crippen LogP contribution in [-0.2, 0) is 11.2 Å². The van der Waals surface area contributed by atoms with E-state index in [0.29, 0.717) is 17.4 Å². The lowest BCUT2D eigenvalue weighted by molar-refractivity contribution is -0.116. The van der Waals surface area contributed by atoms with Gasteiger partial charge in [-0.2, -0.15) is 11.8 Å². The van der Waals surface area contributed by atoms with Gasteiger partial charge in [0.15, 0.2) is 0 Å². The summed E-state index contributed by atoms with van der Waals surface area (Å²) in [6, 6.07) is 6.24. The van der Waals surface area contributed by atoms with Crippen molar-refractivity contribution in [3.8, 4) is 0 Å². The molecule has 88 valence electrons. The summed E-state index contributed by atoms with van der Waals surface area (Å²) >= 11 is 1.66. The fraction of sp³-hybridized carbons (Fsp3) is 0.462. The first kappa shape index (κ1) is 13.2. The first-order valence-corrected chi connectivity index (χ1v) is 6.54. The Bertz CT molecular complexity index is 352. The summed E-state index contributed by atoms with van der Waals surface area (Å²) in [7, 11) is 0. The van der Waals surface area contributed by atoms with Crippen LogP contribution in [0.5, 0.6) is 0 Å². The third kappa shape index (κ3) is 4.79. The molecule has 1 aromatic rings. The van der Waals surface area contributed by atoms with Crippen LogP contribution in [0.3, 0.4) is 0 Å². The molecule has 0 radical (unpaired) electrons. The first-order chi connectivity index (χ1) is 7.61. The minimum Gasteiger partial charge on any atom is -0.298 e. The van der Waals surface area contributed by atoms with Gasteiger partial charge in [0, 0.05) is 11.7 Å². The second-order valence-electron chi connectivity index (χ2n) is 3.88. The Hall–Kier alpha value is -0.830. The summed E-state index contributed by atoms with van der Waals surface area (Å²) in [5.74, 6) is 0.404. The Morgan fingerprint density at radius 3 is 2.88 bits per heavy atom. The van der Waals surface area contributed by atoms with Crippen molar-refractivity contribution in [2.45, 2.75) is 31.9 Å². The van der Waals surface area contributed by atoms with Crippen molar-refractivity contribution in [1.82, 2.24) is 0 Å². The molecule has 0 saturated heterocycles. The molecule has 0 aromatic heterocycles. The van der Waals surface area contributed by atoms with E-state index in [0.717, 1.165) is 12.0 Å². The van der Waals surface area contributed by atoms with E-state index < -0.39 is 0 Å². The van der Waals surface area contributed by atoms with Crippen molar-refractivity contribution in [2.75, 3.05) is 5.75 Å². The van der Waals surface area contributed by atoms with Crippen molar-refractivity contribution in [3.63, 3.8) is 0 Å². The number of ketones is 1. The Balaban J connectivity index is 2.40. The molecule has 0 heterocycles. The van der Waals surface area contributed by atoms with Crippen molar-refractivity contribution < 1.29 is 9.18 Å². The van der Waals surface area contributed by atoms with E-state index in [1.54, 1.807) is 23.9 Å². The van der Waals surface area contributed by atoms with Gasteiger partial charge >= 0.3 is 0 Å². The first-order valence-electron chi connectivity index (χ1n) is 5.49. The number of thioether (sulfide) groups is 1. The summed E-state index contributed by atoms with van der Waals surface area (Å²) in [4.78, 5) is 11.6. The predicted molar refractivity (Wildman–Crippen MR) is 67.3 cm³/mol. The third-order valence-corrected chi connectivity index (χ3v) is 3.79. The Kier molecular flexibility index (Phi) is 5.53. The molecule has 1 atom stereocenters. The molecule has 0 aliphatic carbocycles. The number of halogens is 1. The highest BCUT2D eigenvalue weighted by atomic mass is 32.2. The van der Waals surface area contributed by atoms with Gasteiger partial charge in [0.2, 0.25) is 0 Å². The minimum absolute atomic E-state index is 0.163. The number of Topliss-reactive ketones (excluding diaryl/α,β-unsaturated/α-hetero) is 1. The van der Waals surface area contributed by atoms with E-state index in [-0.39, 0.29) is 11.6 Å². The third-order valence-electron chi connectivity index (χ3n) is 2.39. The average molecular weight is 240 g/mol. The van der Waals surface area contributed by atoms with Gasteiger partial charge in [-0.05, 0) is 24.1 Å². The zero-order chi connectivity index (χ0) is 12.0. The zero-order valence-corrected chi connectivity index (χ0v) is 10.5. The van der Waals surface area contributed by atoms with Crippen molar-refractivity contribution >= 4 is 17.5 Å². The second-order valence-corrected chi connectivity index (χ2v) is 5.30. The largest absolute Gasteiger partial charge is 0.298 e. The lowest BCUT2D eigenvalue weighted by Crippen LogP contribution is -2.08. The smallest absolute Gasteiger partial charge is 0.147 e. The molecule has 0 fully saturated rings. The molecule has 0 amide bonds. The Labute approximate surface area is 100 Å². The lowest BCUT2D eigenvalue weighted by atomic mass is 10.1. The van der Waals surface area contributed by atoms with Gasteiger partial charge in [0.25, 0.3) is 0 Å². The van der Waals surface area contributed by atoms with Gasteiger partial charge in [-0.15, -0.1) is 0 Å². The fourth-order valence-electron chi connectivity index (χ4n) is 1.28. The molecule has 0 N–H and O–H groups in total. The summed E-state index contributed by atoms with van der Waals surface area (Å²) in [6.07, 6.45) is 1.40. The van der Waals surface area contributed by atoms with Gasteiger partial charge in [0.05, 0.1) is 5.75 Å². The van der Waals surface area contributed by atoms with Crippen LogP contribution in [0.4, 0.5) is 4.39 Å². The average Bonchev–Trinajstić information content (AvgIpc) is 2.26. The van der Waals surface area contributed by atoms with Gasteiger partial charge < -0.3 is 0 Å². The lowest BCUT2D eigenvalue weighted by Gasteiger charge is -2.07. The van der Waals surface area contributed by atoms with E-state index in [1.807, 2.05) is 0 Å². The van der Waals surface area contributed by atoms with Crippen LogP contribution < -0.4 is 0 Å². The van der Waals surface area contributed by atoms with Gasteiger partial charge in [-0.25, -0.2) is 4.39 Å². The number of benzene rings is 1. The maximum atomic E-state index is 12.9. The molecule has 0 spiro atoms. The van der Waals surface area contributed by atoms with Crippen LogP contribution in [0, 0.1) is 5.82 Å². The van der Waals surface area contributed by atoms with E-state index in [2.05, 4.69) is 13.8 Å². The maximum absolute atomic E-state index is 12.9. The molecule has 3 heteroatoms. The van der Waals surface area contributed by atoms with Crippen LogP contribution in [-0.4, -0.2) is 16.8 Å². The molecular formula is C13H17FOS. The number of carbonyl (C=O) groups is 1. The van der Waals surface area contributed by atoms with Crippen LogP contribution in [0.2, 0.25) is 0 Å². The van der Waals surface area contributed by atoms with Crippen LogP contribution in [0.1, 0.15) is 25.8 Å². The van der Waals surface area contributed by atoms with Crippen molar-refractivity contribution in [2.24, 2.45) is 0 Å². The summed E-state index contributed by atoms with van der Waals surface area (Å²) in [5, 5.41) is 0.511. The molecule has 1 nitrogen and oxygen atoms in total. The van der Waals surface area contributed by atoms with Gasteiger partial charge in [0.1, 0.15) is 11.6 Å². The summed E-state index contributed by atoms with van der Waals surface area (Å²) in [6.45, 7) is 4.22. The van der Waals surface area contributed by atoms with Crippen LogP contribution in [0.15, 0.2) is 24.3 Å². The molecule has 0 aliphatic rings. The molecule has 0 aliphatic heterocycles. The van der Waals surface area contributed by atoms with E-state index in [4.69, 9.17) is 0 Å². The normalized spacial score (nSPS) is 12.4. The van der Waals surface area contributed by atoms with E-state index in [1.165, 1.54) is 12.1 Å². The van der Waals surface area contributed by atoms with Crippen molar-refractivity contribution in [1.29, 1.82) is 0 Å². The van der Waals surface area contributed by atoms with E-state index >= 15 is 0 Å². The number of rotatable bonds is 6. The number of hydrogen-bond donors (Lipinski definition) is 0. The second kappa shape index (κ2) is 6.69. The van der Waals surface area contributed by atoms with Crippen LogP contribution in [0.25, 0.3) is 0 Å². The summed E-state index contributed by atoms with van der Waals surface area (Å²) in [5.41, 5.74) is 0.759. The molecule has 0 bridgehead atoms. The molecule has 16 heavy (non-hydrogen) atoms. The monoisotopic (exact) mass is 240 g/mol. The standard InChI is InChI=1S/C13H17FOS/c1-3-10(2)16-9-13(15)8-11-5-4-6-12(14)7-11/h4-7,10H,3,8-9H2,1-2H3. The van der Waals surface area contributed by atoms with Crippen molar-refractivity contribution in [3.05, 3.63) is 35.6 Å². The quantitative estimate of drug-likeness (QED) is 0.757. The van der Waals surface area contributed by atoms with Gasteiger partial charge in [-0.3, -0.25) is 4.79 Å². The zero-order valence-electron chi connectivity index (χ0n) is 9.70. The highest BCUT2D eigenvalue weighted by Gasteiger charge is 2.07. The summed E-state index contributed by atoms with van der Waals surface area (Å²) < 4.78 is 12.9. The molecule has 1 unspecified atom stereocenters. The molecule has 0 saturated carbocycles. The SMILES string of the molecule is CCC(C)SCC(=O)Cc1cccc(F)c1. The molecular weight excluding hydrogens is 223 g/mol. The van der Waals surface area contributed by atoms with E-state index in [9.17, 15) is 9.18 Å². The fourth-order valence-corrected chi connectivity index (χ4v) is 2.09. The van der Waals surface area contributed by atoms with Gasteiger partial charge in [-0.1, -0.05) is 26.0 Å². The number of hydrogen-bond acceptors (Lipinski definition) is 2. The minimum atomic E-state index is -0.278. The number of carbonyl (C=O) groups excluding carboxylic acids is 1. The predicted octanol–water partition coefficient (Wildman–Crippen LogP) is 3.47. The van der Waals surface area contributed by atoms with Crippen LogP contribution >= 0.6 is 11.8 Å². The topological polar surface area (TPSA) is 17.1 Å². The highest BCUT2D eigenvalue weighted by Crippen LogP contribution is 2.14. The Morgan fingerprint density at radius 2 is 2.25 bits per heavy atom. The molecule has 1 rings (SSSR count). The highest BCUT2D eigenvalue weighted by molar-refractivity contribution is 8.00.